The van der Waals surface area contributed by atoms with Crippen LogP contribution in [0, 0.1) is 16.0 Å². The molecule has 0 unspecified atom stereocenters. The second-order valence-corrected chi connectivity index (χ2v) is 9.52. The number of carbonyl (C=O) groups excluding carboxylic acids is 2. The Morgan fingerprint density at radius 2 is 1.81 bits per heavy atom. The summed E-state index contributed by atoms with van der Waals surface area (Å²) in [4.78, 5) is 37.2. The van der Waals surface area contributed by atoms with Gasteiger partial charge in [0.2, 0.25) is 5.91 Å². The Hall–Kier alpha value is -3.47. The third-order valence-electron chi connectivity index (χ3n) is 5.30. The summed E-state index contributed by atoms with van der Waals surface area (Å²) in [5, 5.41) is 14.0. The van der Waals surface area contributed by atoms with Crippen LogP contribution in [0.3, 0.4) is 0 Å². The van der Waals surface area contributed by atoms with Gasteiger partial charge in [-0.1, -0.05) is 12.1 Å². The minimum Gasteiger partial charge on any atom is -0.495 e. The highest BCUT2D eigenvalue weighted by Crippen LogP contribution is 2.27. The first-order valence-electron chi connectivity index (χ1n) is 9.83. The number of non-ortho nitro benzene ring substituents is 1. The highest BCUT2D eigenvalue weighted by Gasteiger charge is 2.29. The van der Waals surface area contributed by atoms with Crippen molar-refractivity contribution in [3.05, 3.63) is 58.1 Å². The third-order valence-corrected chi connectivity index (χ3v) is 6.39. The number of benzene rings is 2. The minimum absolute atomic E-state index is 0.0726. The summed E-state index contributed by atoms with van der Waals surface area (Å²) < 4.78 is 29.0. The molecule has 10 nitrogen and oxygen atoms in total. The number of nitro groups is 1. The van der Waals surface area contributed by atoms with Gasteiger partial charge in [0.15, 0.2) is 9.84 Å². The van der Waals surface area contributed by atoms with Crippen molar-refractivity contribution in [1.82, 2.24) is 4.90 Å². The molecule has 0 saturated carbocycles. The fourth-order valence-electron chi connectivity index (χ4n) is 3.54. The van der Waals surface area contributed by atoms with E-state index in [4.69, 9.17) is 4.74 Å². The summed E-state index contributed by atoms with van der Waals surface area (Å²) in [6, 6.07) is 10.2. The van der Waals surface area contributed by atoms with Crippen LogP contribution < -0.4 is 10.1 Å². The third kappa shape index (κ3) is 5.22. The number of hydrogen-bond donors (Lipinski definition) is 1. The predicted octanol–water partition coefficient (Wildman–Crippen LogP) is 2.50. The molecule has 11 heteroatoms. The van der Waals surface area contributed by atoms with Crippen LogP contribution in [0.4, 0.5) is 11.4 Å². The SMILES string of the molecule is COc1ccccc1NC(=O)C1CCN(C(=O)c2cc([N+](=O)[O-])cc(S(C)(=O)=O)c2)CC1. The Morgan fingerprint density at radius 3 is 2.41 bits per heavy atom. The summed E-state index contributed by atoms with van der Waals surface area (Å²) in [5.74, 6) is -0.472. The molecule has 2 amide bonds. The maximum Gasteiger partial charge on any atom is 0.271 e. The second kappa shape index (κ2) is 9.35. The van der Waals surface area contributed by atoms with E-state index >= 15 is 0 Å². The fourth-order valence-corrected chi connectivity index (χ4v) is 4.21. The lowest BCUT2D eigenvalue weighted by molar-refractivity contribution is -0.385. The molecule has 1 heterocycles. The summed E-state index contributed by atoms with van der Waals surface area (Å²) in [6.07, 6.45) is 1.73. The maximum atomic E-state index is 12.9. The van der Waals surface area contributed by atoms with Crippen molar-refractivity contribution in [3.8, 4) is 5.75 Å². The van der Waals surface area contributed by atoms with E-state index in [1.54, 1.807) is 24.3 Å². The van der Waals surface area contributed by atoms with Crippen molar-refractivity contribution >= 4 is 33.0 Å². The summed E-state index contributed by atoms with van der Waals surface area (Å²) in [7, 11) is -2.23. The molecule has 1 aliphatic heterocycles. The highest BCUT2D eigenvalue weighted by molar-refractivity contribution is 7.90. The van der Waals surface area contributed by atoms with Crippen molar-refractivity contribution < 1.29 is 27.7 Å². The minimum atomic E-state index is -3.74. The molecule has 32 heavy (non-hydrogen) atoms. The number of nitro benzene ring substituents is 1. The molecule has 0 radical (unpaired) electrons. The Bertz CT molecular complexity index is 1160. The van der Waals surface area contributed by atoms with E-state index in [1.165, 1.54) is 12.0 Å². The van der Waals surface area contributed by atoms with Crippen molar-refractivity contribution in [3.63, 3.8) is 0 Å². The van der Waals surface area contributed by atoms with Crippen LogP contribution >= 0.6 is 0 Å². The van der Waals surface area contributed by atoms with Gasteiger partial charge in [0, 0.05) is 43.0 Å². The molecule has 0 aliphatic carbocycles. The van der Waals surface area contributed by atoms with Gasteiger partial charge in [-0.2, -0.15) is 0 Å². The van der Waals surface area contributed by atoms with Crippen molar-refractivity contribution in [2.75, 3.05) is 31.8 Å². The molecule has 170 valence electrons. The van der Waals surface area contributed by atoms with Crippen LogP contribution in [0.25, 0.3) is 0 Å². The zero-order chi connectivity index (χ0) is 23.5. The van der Waals surface area contributed by atoms with E-state index in [1.807, 2.05) is 0 Å². The topological polar surface area (TPSA) is 136 Å². The van der Waals surface area contributed by atoms with Gasteiger partial charge in [-0.15, -0.1) is 0 Å². The molecule has 0 atom stereocenters. The van der Waals surface area contributed by atoms with Gasteiger partial charge in [-0.3, -0.25) is 19.7 Å². The standard InChI is InChI=1S/C21H23N3O7S/c1-31-19-6-4-3-5-18(19)22-20(25)14-7-9-23(10-8-14)21(26)15-11-16(24(27)28)13-17(12-15)32(2,29)30/h3-6,11-14H,7-10H2,1-2H3,(H,22,25). The Morgan fingerprint density at radius 1 is 1.16 bits per heavy atom. The number of hydrogen-bond acceptors (Lipinski definition) is 7. The summed E-state index contributed by atoms with van der Waals surface area (Å²) in [5.41, 5.74) is 0.0160. The van der Waals surface area contributed by atoms with Crippen LogP contribution in [0.5, 0.6) is 5.75 Å². The average Bonchev–Trinajstić information content (AvgIpc) is 2.78. The lowest BCUT2D eigenvalue weighted by atomic mass is 9.95. The smallest absolute Gasteiger partial charge is 0.271 e. The zero-order valence-electron chi connectivity index (χ0n) is 17.6. The van der Waals surface area contributed by atoms with Crippen LogP contribution in [-0.4, -0.2) is 56.5 Å². The van der Waals surface area contributed by atoms with Crippen LogP contribution in [-0.2, 0) is 14.6 Å². The Kier molecular flexibility index (Phi) is 6.78. The zero-order valence-corrected chi connectivity index (χ0v) is 18.4. The number of sulfone groups is 1. The van der Waals surface area contributed by atoms with Gasteiger partial charge in [0.1, 0.15) is 5.75 Å². The second-order valence-electron chi connectivity index (χ2n) is 7.50. The number of ether oxygens (including phenoxy) is 1. The normalized spacial score (nSPS) is 14.6. The summed E-state index contributed by atoms with van der Waals surface area (Å²) >= 11 is 0. The molecule has 0 bridgehead atoms. The number of nitrogens with zero attached hydrogens (tertiary/aromatic N) is 2. The molecule has 1 N–H and O–H groups in total. The van der Waals surface area contributed by atoms with Crippen molar-refractivity contribution in [2.24, 2.45) is 5.92 Å². The molecule has 3 rings (SSSR count). The predicted molar refractivity (Wildman–Crippen MR) is 116 cm³/mol. The molecule has 1 saturated heterocycles. The van der Waals surface area contributed by atoms with Crippen LogP contribution in [0.15, 0.2) is 47.4 Å². The first kappa shape index (κ1) is 23.2. The number of piperidine rings is 1. The monoisotopic (exact) mass is 461 g/mol. The number of rotatable bonds is 6. The highest BCUT2D eigenvalue weighted by atomic mass is 32.2. The largest absolute Gasteiger partial charge is 0.495 e. The fraction of sp³-hybridized carbons (Fsp3) is 0.333. The molecule has 0 spiro atoms. The number of nitrogens with one attached hydrogen (secondary N) is 1. The molecule has 2 aromatic rings. The van der Waals surface area contributed by atoms with Crippen LogP contribution in [0.2, 0.25) is 0 Å². The van der Waals surface area contributed by atoms with Gasteiger partial charge in [0.05, 0.1) is 22.6 Å². The van der Waals surface area contributed by atoms with Gasteiger partial charge >= 0.3 is 0 Å². The van der Waals surface area contributed by atoms with Gasteiger partial charge in [-0.05, 0) is 31.0 Å². The number of methoxy groups -OCH3 is 1. The molecule has 0 aromatic heterocycles. The van der Waals surface area contributed by atoms with E-state index in [2.05, 4.69) is 5.32 Å². The first-order valence-corrected chi connectivity index (χ1v) is 11.7. The molecule has 1 fully saturated rings. The van der Waals surface area contributed by atoms with E-state index in [-0.39, 0.29) is 35.4 Å². The van der Waals surface area contributed by atoms with E-state index < -0.39 is 26.4 Å². The molecular formula is C21H23N3O7S. The lowest BCUT2D eigenvalue weighted by Gasteiger charge is -2.31. The Labute approximate surface area is 185 Å². The molecule has 2 aromatic carbocycles. The Balaban J connectivity index is 1.70. The number of anilines is 1. The van der Waals surface area contributed by atoms with E-state index in [0.29, 0.717) is 24.3 Å². The average molecular weight is 461 g/mol. The van der Waals surface area contributed by atoms with E-state index in [9.17, 15) is 28.1 Å². The van der Waals surface area contributed by atoms with Gasteiger partial charge in [-0.25, -0.2) is 8.42 Å². The number of likely N-dealkylation sites (tertiary alicyclic amines) is 1. The number of carbonyl (C=O) groups is 2. The molecular weight excluding hydrogens is 438 g/mol. The van der Waals surface area contributed by atoms with Crippen molar-refractivity contribution in [1.29, 1.82) is 0 Å². The van der Waals surface area contributed by atoms with Gasteiger partial charge < -0.3 is 15.0 Å². The summed E-state index contributed by atoms with van der Waals surface area (Å²) in [6.45, 7) is 0.527. The quantitative estimate of drug-likeness (QED) is 0.515. The number of para-hydroxylation sites is 2. The van der Waals surface area contributed by atoms with Gasteiger partial charge in [0.25, 0.3) is 11.6 Å². The first-order chi connectivity index (χ1) is 15.1. The van der Waals surface area contributed by atoms with Crippen molar-refractivity contribution in [2.45, 2.75) is 17.7 Å². The number of amides is 2. The van der Waals surface area contributed by atoms with E-state index in [0.717, 1.165) is 24.5 Å². The molecule has 1 aliphatic rings. The maximum absolute atomic E-state index is 12.9. The van der Waals surface area contributed by atoms with Crippen LogP contribution in [0.1, 0.15) is 23.2 Å². The lowest BCUT2D eigenvalue weighted by Crippen LogP contribution is -2.41.